The summed E-state index contributed by atoms with van der Waals surface area (Å²) in [7, 11) is 1.70. The average Bonchev–Trinajstić information content (AvgIpc) is 3.02. The van der Waals surface area contributed by atoms with E-state index in [0.29, 0.717) is 12.1 Å². The minimum atomic E-state index is 0.389. The molecule has 0 aromatic heterocycles. The number of halogens is 1. The summed E-state index contributed by atoms with van der Waals surface area (Å²) in [4.78, 5) is 0. The van der Waals surface area contributed by atoms with E-state index in [1.165, 1.54) is 18.4 Å². The minimum Gasteiger partial charge on any atom is -0.493 e. The molecule has 1 aromatic rings. The second-order valence-corrected chi connectivity index (χ2v) is 5.91. The molecule has 1 aromatic carbocycles. The topological polar surface area (TPSA) is 30.5 Å². The van der Waals surface area contributed by atoms with Crippen molar-refractivity contribution >= 4 is 15.9 Å². The van der Waals surface area contributed by atoms with E-state index < -0.39 is 0 Å². The molecule has 2 fully saturated rings. The minimum absolute atomic E-state index is 0.389. The van der Waals surface area contributed by atoms with Crippen LogP contribution in [0.5, 0.6) is 11.5 Å². The molecule has 1 N–H and O–H groups in total. The smallest absolute Gasteiger partial charge is 0.166 e. The molecule has 1 atom stereocenters. The lowest BCUT2D eigenvalue weighted by atomic mass is 10.0. The Balaban J connectivity index is 1.98. The summed E-state index contributed by atoms with van der Waals surface area (Å²) in [5.74, 6) is 1.77. The maximum atomic E-state index is 6.06. The first-order chi connectivity index (χ1) is 8.78. The highest BCUT2D eigenvalue weighted by Crippen LogP contribution is 2.43. The van der Waals surface area contributed by atoms with Gasteiger partial charge in [-0.2, -0.15) is 0 Å². The molecule has 0 bridgehead atoms. The van der Waals surface area contributed by atoms with E-state index in [1.807, 2.05) is 6.07 Å². The number of ether oxygens (including phenoxy) is 2. The second kappa shape index (κ2) is 5.10. The SMILES string of the molecule is COc1cc(Br)cc(C2CCCN2)c1OC1CC1. The highest BCUT2D eigenvalue weighted by Gasteiger charge is 2.29. The Labute approximate surface area is 116 Å². The molecule has 0 spiro atoms. The van der Waals surface area contributed by atoms with Gasteiger partial charge in [0.15, 0.2) is 11.5 Å². The third-order valence-electron chi connectivity index (χ3n) is 3.51. The Kier molecular flexibility index (Phi) is 3.48. The van der Waals surface area contributed by atoms with E-state index in [1.54, 1.807) is 7.11 Å². The largest absolute Gasteiger partial charge is 0.493 e. The third-order valence-corrected chi connectivity index (χ3v) is 3.97. The zero-order chi connectivity index (χ0) is 12.5. The van der Waals surface area contributed by atoms with Gasteiger partial charge in [-0.25, -0.2) is 0 Å². The molecule has 1 heterocycles. The number of rotatable bonds is 4. The van der Waals surface area contributed by atoms with Gasteiger partial charge in [-0.15, -0.1) is 0 Å². The van der Waals surface area contributed by atoms with Gasteiger partial charge in [0.25, 0.3) is 0 Å². The van der Waals surface area contributed by atoms with Gasteiger partial charge in [0.2, 0.25) is 0 Å². The normalized spacial score (nSPS) is 23.1. The summed E-state index contributed by atoms with van der Waals surface area (Å²) in [6.07, 6.45) is 5.11. The molecular weight excluding hydrogens is 294 g/mol. The van der Waals surface area contributed by atoms with Crippen LogP contribution in [0.3, 0.4) is 0 Å². The molecule has 3 rings (SSSR count). The van der Waals surface area contributed by atoms with Crippen molar-refractivity contribution in [2.45, 2.75) is 37.8 Å². The van der Waals surface area contributed by atoms with Gasteiger partial charge < -0.3 is 14.8 Å². The van der Waals surface area contributed by atoms with Crippen LogP contribution >= 0.6 is 15.9 Å². The molecule has 1 saturated carbocycles. The zero-order valence-corrected chi connectivity index (χ0v) is 12.1. The number of hydrogen-bond donors (Lipinski definition) is 1. The molecule has 98 valence electrons. The maximum Gasteiger partial charge on any atom is 0.166 e. The molecular formula is C14H18BrNO2. The van der Waals surface area contributed by atoms with Crippen LogP contribution in [0.25, 0.3) is 0 Å². The van der Waals surface area contributed by atoms with Crippen LogP contribution in [-0.4, -0.2) is 19.8 Å². The Bertz CT molecular complexity index is 440. The third kappa shape index (κ3) is 2.50. The molecule has 1 aliphatic carbocycles. The molecule has 0 radical (unpaired) electrons. The van der Waals surface area contributed by atoms with E-state index in [4.69, 9.17) is 9.47 Å². The Morgan fingerprint density at radius 1 is 1.28 bits per heavy atom. The van der Waals surface area contributed by atoms with Gasteiger partial charge in [0, 0.05) is 16.1 Å². The van der Waals surface area contributed by atoms with Crippen LogP contribution < -0.4 is 14.8 Å². The van der Waals surface area contributed by atoms with E-state index in [0.717, 1.165) is 35.4 Å². The highest BCUT2D eigenvalue weighted by atomic mass is 79.9. The van der Waals surface area contributed by atoms with Crippen molar-refractivity contribution in [1.29, 1.82) is 0 Å². The monoisotopic (exact) mass is 311 g/mol. The van der Waals surface area contributed by atoms with E-state index in [-0.39, 0.29) is 0 Å². The van der Waals surface area contributed by atoms with E-state index >= 15 is 0 Å². The highest BCUT2D eigenvalue weighted by molar-refractivity contribution is 9.10. The fourth-order valence-electron chi connectivity index (χ4n) is 2.43. The molecule has 1 aliphatic heterocycles. The van der Waals surface area contributed by atoms with E-state index in [2.05, 4.69) is 27.3 Å². The average molecular weight is 312 g/mol. The summed E-state index contributed by atoms with van der Waals surface area (Å²) in [5.41, 5.74) is 1.23. The first-order valence-electron chi connectivity index (χ1n) is 6.55. The van der Waals surface area contributed by atoms with Crippen LogP contribution in [-0.2, 0) is 0 Å². The number of nitrogens with one attached hydrogen (secondary N) is 1. The number of hydrogen-bond acceptors (Lipinski definition) is 3. The fraction of sp³-hybridized carbons (Fsp3) is 0.571. The lowest BCUT2D eigenvalue weighted by Gasteiger charge is -2.19. The quantitative estimate of drug-likeness (QED) is 0.924. The molecule has 3 nitrogen and oxygen atoms in total. The Hall–Kier alpha value is -0.740. The standard InChI is InChI=1S/C14H18BrNO2/c1-17-13-8-9(15)7-11(12-3-2-6-16-12)14(13)18-10-4-5-10/h7-8,10,12,16H,2-6H2,1H3. The van der Waals surface area contributed by atoms with Gasteiger partial charge in [0.1, 0.15) is 0 Å². The van der Waals surface area contributed by atoms with Gasteiger partial charge in [-0.1, -0.05) is 15.9 Å². The van der Waals surface area contributed by atoms with Crippen molar-refractivity contribution in [3.63, 3.8) is 0 Å². The van der Waals surface area contributed by atoms with Gasteiger partial charge in [-0.05, 0) is 44.4 Å². The van der Waals surface area contributed by atoms with Crippen LogP contribution in [0.4, 0.5) is 0 Å². The first-order valence-corrected chi connectivity index (χ1v) is 7.34. The summed E-state index contributed by atoms with van der Waals surface area (Å²) in [6.45, 7) is 1.09. The van der Waals surface area contributed by atoms with Crippen molar-refractivity contribution in [3.8, 4) is 11.5 Å². The lowest BCUT2D eigenvalue weighted by molar-refractivity contribution is 0.276. The Morgan fingerprint density at radius 2 is 2.11 bits per heavy atom. The summed E-state index contributed by atoms with van der Waals surface area (Å²) in [5, 5.41) is 3.53. The molecule has 1 unspecified atom stereocenters. The lowest BCUT2D eigenvalue weighted by Crippen LogP contribution is -2.15. The summed E-state index contributed by atoms with van der Waals surface area (Å²) < 4.78 is 12.6. The van der Waals surface area contributed by atoms with Crippen molar-refractivity contribution in [3.05, 3.63) is 22.2 Å². The van der Waals surface area contributed by atoms with Gasteiger partial charge in [0.05, 0.1) is 13.2 Å². The molecule has 4 heteroatoms. The van der Waals surface area contributed by atoms with Crippen molar-refractivity contribution in [1.82, 2.24) is 5.32 Å². The fourth-order valence-corrected chi connectivity index (χ4v) is 2.88. The van der Waals surface area contributed by atoms with Crippen LogP contribution in [0.2, 0.25) is 0 Å². The molecule has 18 heavy (non-hydrogen) atoms. The summed E-state index contributed by atoms with van der Waals surface area (Å²) in [6, 6.07) is 4.53. The first kappa shape index (κ1) is 12.3. The van der Waals surface area contributed by atoms with Crippen LogP contribution in [0.1, 0.15) is 37.3 Å². The molecule has 1 saturated heterocycles. The Morgan fingerprint density at radius 3 is 2.72 bits per heavy atom. The molecule has 0 amide bonds. The van der Waals surface area contributed by atoms with Crippen molar-refractivity contribution in [2.24, 2.45) is 0 Å². The maximum absolute atomic E-state index is 6.06. The van der Waals surface area contributed by atoms with Gasteiger partial charge in [-0.3, -0.25) is 0 Å². The van der Waals surface area contributed by atoms with Gasteiger partial charge >= 0.3 is 0 Å². The van der Waals surface area contributed by atoms with Crippen molar-refractivity contribution < 1.29 is 9.47 Å². The summed E-state index contributed by atoms with van der Waals surface area (Å²) >= 11 is 3.55. The number of methoxy groups -OCH3 is 1. The number of benzene rings is 1. The van der Waals surface area contributed by atoms with E-state index in [9.17, 15) is 0 Å². The van der Waals surface area contributed by atoms with Crippen molar-refractivity contribution in [2.75, 3.05) is 13.7 Å². The molecule has 2 aliphatic rings. The zero-order valence-electron chi connectivity index (χ0n) is 10.5. The second-order valence-electron chi connectivity index (χ2n) is 4.99. The van der Waals surface area contributed by atoms with Crippen LogP contribution in [0.15, 0.2) is 16.6 Å². The predicted molar refractivity (Wildman–Crippen MR) is 74.3 cm³/mol. The predicted octanol–water partition coefficient (Wildman–Crippen LogP) is 3.42. The van der Waals surface area contributed by atoms with Crippen LogP contribution in [0, 0.1) is 0 Å².